The van der Waals surface area contributed by atoms with Gasteiger partial charge in [-0.15, -0.1) is 5.10 Å². The highest BCUT2D eigenvalue weighted by Gasteiger charge is 2.49. The van der Waals surface area contributed by atoms with Crippen LogP contribution in [0.15, 0.2) is 6.20 Å². The minimum Gasteiger partial charge on any atom is -0.373 e. The summed E-state index contributed by atoms with van der Waals surface area (Å²) in [6, 6.07) is 0.0872. The van der Waals surface area contributed by atoms with Crippen molar-refractivity contribution in [2.45, 2.75) is 88.9 Å². The van der Waals surface area contributed by atoms with E-state index < -0.39 is 0 Å². The number of carbonyl (C=O) groups is 1. The van der Waals surface area contributed by atoms with Gasteiger partial charge in [0, 0.05) is 24.5 Å². The number of Topliss-reactive ketones (excluding diaryl/α,β-unsaturated/α-hetero) is 1. The fourth-order valence-corrected chi connectivity index (χ4v) is 5.89. The average molecular weight is 388 g/mol. The van der Waals surface area contributed by atoms with Crippen LogP contribution in [0.1, 0.15) is 75.9 Å². The first-order valence-electron chi connectivity index (χ1n) is 11.4. The Bertz CT molecular complexity index is 678. The first-order chi connectivity index (χ1) is 13.8. The van der Waals surface area contributed by atoms with Crippen LogP contribution in [0, 0.1) is 17.8 Å². The van der Waals surface area contributed by atoms with E-state index in [1.807, 2.05) is 4.68 Å². The normalized spacial score (nSPS) is 34.1. The zero-order chi connectivity index (χ0) is 18.9. The minimum atomic E-state index is 0.00519. The van der Waals surface area contributed by atoms with Gasteiger partial charge in [0.05, 0.1) is 25.0 Å². The molecule has 154 valence electrons. The molecule has 4 fully saturated rings. The van der Waals surface area contributed by atoms with E-state index >= 15 is 0 Å². The number of rotatable bonds is 6. The van der Waals surface area contributed by atoms with E-state index in [4.69, 9.17) is 9.47 Å². The van der Waals surface area contributed by atoms with Crippen LogP contribution in [0.5, 0.6) is 0 Å². The molecule has 0 radical (unpaired) electrons. The fourth-order valence-electron chi connectivity index (χ4n) is 5.89. The number of fused-ring (bicyclic) bond motifs is 1. The molecule has 6 heteroatoms. The molecule has 2 saturated carbocycles. The van der Waals surface area contributed by atoms with Crippen molar-refractivity contribution >= 4 is 5.78 Å². The number of hydrogen-bond donors (Lipinski definition) is 0. The van der Waals surface area contributed by atoms with Gasteiger partial charge in [-0.25, -0.2) is 4.68 Å². The van der Waals surface area contributed by atoms with Crippen molar-refractivity contribution in [2.24, 2.45) is 17.8 Å². The van der Waals surface area contributed by atoms with Gasteiger partial charge in [0.25, 0.3) is 0 Å². The highest BCUT2D eigenvalue weighted by Crippen LogP contribution is 2.39. The Hall–Kier alpha value is -1.27. The summed E-state index contributed by atoms with van der Waals surface area (Å²) < 4.78 is 14.2. The maximum atomic E-state index is 12.6. The number of hydrogen-bond acceptors (Lipinski definition) is 5. The lowest BCUT2D eigenvalue weighted by Crippen LogP contribution is -2.29. The molecule has 1 aromatic heterocycles. The molecule has 0 amide bonds. The molecule has 5 rings (SSSR count). The molecule has 0 N–H and O–H groups in total. The van der Waals surface area contributed by atoms with E-state index in [2.05, 4.69) is 16.5 Å². The minimum absolute atomic E-state index is 0.00519. The number of aromatic nitrogens is 3. The molecule has 2 aliphatic carbocycles. The number of ketones is 1. The van der Waals surface area contributed by atoms with E-state index in [9.17, 15) is 4.79 Å². The Morgan fingerprint density at radius 3 is 2.57 bits per heavy atom. The molecular formula is C22H33N3O3. The maximum Gasteiger partial charge on any atom is 0.136 e. The molecule has 0 spiro atoms. The first kappa shape index (κ1) is 18.7. The van der Waals surface area contributed by atoms with Crippen LogP contribution in [-0.2, 0) is 20.7 Å². The molecule has 0 aromatic carbocycles. The van der Waals surface area contributed by atoms with Crippen LogP contribution in [0.4, 0.5) is 0 Å². The summed E-state index contributed by atoms with van der Waals surface area (Å²) in [6.07, 6.45) is 15.1. The van der Waals surface area contributed by atoms with Crippen molar-refractivity contribution in [3.8, 4) is 0 Å². The molecule has 3 heterocycles. The van der Waals surface area contributed by atoms with E-state index in [0.717, 1.165) is 30.9 Å². The summed E-state index contributed by atoms with van der Waals surface area (Å²) in [5, 5.41) is 8.85. The molecule has 2 aliphatic heterocycles. The molecule has 28 heavy (non-hydrogen) atoms. The summed E-state index contributed by atoms with van der Waals surface area (Å²) in [4.78, 5) is 12.6. The van der Waals surface area contributed by atoms with Crippen LogP contribution in [0.25, 0.3) is 0 Å². The lowest BCUT2D eigenvalue weighted by atomic mass is 9.86. The Morgan fingerprint density at radius 1 is 1.00 bits per heavy atom. The molecular weight excluding hydrogens is 354 g/mol. The van der Waals surface area contributed by atoms with Gasteiger partial charge in [0.15, 0.2) is 0 Å². The van der Waals surface area contributed by atoms with Gasteiger partial charge < -0.3 is 9.47 Å². The highest BCUT2D eigenvalue weighted by molar-refractivity contribution is 5.81. The Kier molecular flexibility index (Phi) is 5.51. The summed E-state index contributed by atoms with van der Waals surface area (Å²) in [7, 11) is 0. The average Bonchev–Trinajstić information content (AvgIpc) is 3.49. The quantitative estimate of drug-likeness (QED) is 0.747. The van der Waals surface area contributed by atoms with Crippen molar-refractivity contribution in [1.82, 2.24) is 15.0 Å². The third-order valence-corrected chi connectivity index (χ3v) is 7.52. The first-order valence-corrected chi connectivity index (χ1v) is 11.4. The van der Waals surface area contributed by atoms with Crippen molar-refractivity contribution in [3.05, 3.63) is 11.9 Å². The topological polar surface area (TPSA) is 66.2 Å². The van der Waals surface area contributed by atoms with Crippen molar-refractivity contribution in [1.29, 1.82) is 0 Å². The summed E-state index contributed by atoms with van der Waals surface area (Å²) >= 11 is 0. The van der Waals surface area contributed by atoms with Gasteiger partial charge in [-0.1, -0.05) is 50.2 Å². The van der Waals surface area contributed by atoms with E-state index in [0.29, 0.717) is 25.4 Å². The van der Waals surface area contributed by atoms with Gasteiger partial charge in [0.1, 0.15) is 17.9 Å². The van der Waals surface area contributed by atoms with Crippen LogP contribution >= 0.6 is 0 Å². The Labute approximate surface area is 167 Å². The van der Waals surface area contributed by atoms with Crippen molar-refractivity contribution < 1.29 is 14.3 Å². The standard InChI is InChI=1S/C22H33N3O3/c26-20(16-8-4-5-9-16)11-17-13-27-22-19(14-28-21(17)22)25-12-18(23-24-25)10-15-6-2-1-3-7-15/h12,15-17,19,21-22H,1-11,13-14H2. The molecule has 0 bridgehead atoms. The van der Waals surface area contributed by atoms with E-state index in [1.54, 1.807) is 0 Å². The Balaban J connectivity index is 1.18. The monoisotopic (exact) mass is 387 g/mol. The molecule has 1 aromatic rings. The molecule has 4 unspecified atom stereocenters. The van der Waals surface area contributed by atoms with Crippen LogP contribution < -0.4 is 0 Å². The fraction of sp³-hybridized carbons (Fsp3) is 0.864. The Morgan fingerprint density at radius 2 is 1.75 bits per heavy atom. The summed E-state index contributed by atoms with van der Waals surface area (Å²) in [5.74, 6) is 1.68. The predicted molar refractivity (Wildman–Crippen MR) is 104 cm³/mol. The molecule has 2 saturated heterocycles. The zero-order valence-electron chi connectivity index (χ0n) is 16.8. The second kappa shape index (κ2) is 8.23. The molecule has 4 aliphatic rings. The number of ether oxygens (including phenoxy) is 2. The smallest absolute Gasteiger partial charge is 0.136 e. The second-order valence-electron chi connectivity index (χ2n) is 9.47. The summed E-state index contributed by atoms with van der Waals surface area (Å²) in [6.45, 7) is 1.24. The van der Waals surface area contributed by atoms with Gasteiger partial charge in [0.2, 0.25) is 0 Å². The summed E-state index contributed by atoms with van der Waals surface area (Å²) in [5.41, 5.74) is 1.10. The molecule has 6 nitrogen and oxygen atoms in total. The predicted octanol–water partition coefficient (Wildman–Crippen LogP) is 3.51. The van der Waals surface area contributed by atoms with Crippen molar-refractivity contribution in [2.75, 3.05) is 13.2 Å². The second-order valence-corrected chi connectivity index (χ2v) is 9.47. The van der Waals surface area contributed by atoms with Crippen LogP contribution in [0.2, 0.25) is 0 Å². The molecule has 4 atom stereocenters. The SMILES string of the molecule is O=C(CC1COC2C1OCC2n1cc(CC2CCCCC2)nn1)C1CCCC1. The van der Waals surface area contributed by atoms with E-state index in [1.165, 1.54) is 44.9 Å². The lowest BCUT2D eigenvalue weighted by Gasteiger charge is -2.20. The van der Waals surface area contributed by atoms with Crippen LogP contribution in [0.3, 0.4) is 0 Å². The van der Waals surface area contributed by atoms with Gasteiger partial charge in [-0.3, -0.25) is 4.79 Å². The highest BCUT2D eigenvalue weighted by atomic mass is 16.6. The van der Waals surface area contributed by atoms with Gasteiger partial charge in [-0.2, -0.15) is 0 Å². The largest absolute Gasteiger partial charge is 0.373 e. The lowest BCUT2D eigenvalue weighted by molar-refractivity contribution is -0.124. The zero-order valence-corrected chi connectivity index (χ0v) is 16.8. The van der Waals surface area contributed by atoms with Gasteiger partial charge >= 0.3 is 0 Å². The van der Waals surface area contributed by atoms with Crippen LogP contribution in [-0.4, -0.2) is 46.2 Å². The third-order valence-electron chi connectivity index (χ3n) is 7.52. The van der Waals surface area contributed by atoms with Crippen molar-refractivity contribution in [3.63, 3.8) is 0 Å². The maximum absolute atomic E-state index is 12.6. The van der Waals surface area contributed by atoms with E-state index in [-0.39, 0.29) is 30.1 Å². The number of nitrogens with zero attached hydrogens (tertiary/aromatic N) is 3. The van der Waals surface area contributed by atoms with Gasteiger partial charge in [-0.05, 0) is 25.2 Å². The number of carbonyl (C=O) groups excluding carboxylic acids is 1. The third kappa shape index (κ3) is 3.78.